The second kappa shape index (κ2) is 8.14. The molecule has 0 saturated heterocycles. The van der Waals surface area contributed by atoms with Gasteiger partial charge in [-0.2, -0.15) is 0 Å². The van der Waals surface area contributed by atoms with Crippen LogP contribution >= 0.6 is 0 Å². The van der Waals surface area contributed by atoms with Crippen molar-refractivity contribution in [1.82, 2.24) is 4.90 Å². The highest BCUT2D eigenvalue weighted by Crippen LogP contribution is 2.24. The van der Waals surface area contributed by atoms with Crippen molar-refractivity contribution in [3.8, 4) is 0 Å². The van der Waals surface area contributed by atoms with Gasteiger partial charge in [-0.1, -0.05) is 60.7 Å². The van der Waals surface area contributed by atoms with Crippen LogP contribution in [0.5, 0.6) is 0 Å². The molecule has 0 atom stereocenters. The van der Waals surface area contributed by atoms with Gasteiger partial charge in [0.15, 0.2) is 0 Å². The molecule has 0 heterocycles. The first kappa shape index (κ1) is 18.1. The summed E-state index contributed by atoms with van der Waals surface area (Å²) >= 11 is 0. The molecule has 0 radical (unpaired) electrons. The van der Waals surface area contributed by atoms with Gasteiger partial charge in [0.05, 0.1) is 4.92 Å². The lowest BCUT2D eigenvalue weighted by molar-refractivity contribution is -0.383. The summed E-state index contributed by atoms with van der Waals surface area (Å²) in [7, 11) is 0. The number of amides is 1. The highest BCUT2D eigenvalue weighted by molar-refractivity contribution is 5.95. The highest BCUT2D eigenvalue weighted by Gasteiger charge is 2.21. The molecular formula is C21H19N3O3. The van der Waals surface area contributed by atoms with Crippen LogP contribution in [0, 0.1) is 10.1 Å². The van der Waals surface area contributed by atoms with E-state index >= 15 is 0 Å². The van der Waals surface area contributed by atoms with E-state index in [2.05, 4.69) is 0 Å². The number of anilines is 1. The molecule has 3 rings (SSSR count). The van der Waals surface area contributed by atoms with Gasteiger partial charge in [0.1, 0.15) is 5.69 Å². The molecule has 6 nitrogen and oxygen atoms in total. The monoisotopic (exact) mass is 361 g/mol. The number of nitrogen functional groups attached to an aromatic ring is 1. The van der Waals surface area contributed by atoms with Crippen LogP contribution in [0.2, 0.25) is 0 Å². The summed E-state index contributed by atoms with van der Waals surface area (Å²) in [6, 6.07) is 23.4. The molecule has 2 N–H and O–H groups in total. The predicted molar refractivity (Wildman–Crippen MR) is 104 cm³/mol. The van der Waals surface area contributed by atoms with Gasteiger partial charge in [0.2, 0.25) is 0 Å². The van der Waals surface area contributed by atoms with E-state index in [-0.39, 0.29) is 22.8 Å². The van der Waals surface area contributed by atoms with Crippen LogP contribution in [0.3, 0.4) is 0 Å². The Morgan fingerprint density at radius 1 is 0.889 bits per heavy atom. The van der Waals surface area contributed by atoms with Crippen LogP contribution in [-0.4, -0.2) is 15.7 Å². The molecule has 1 amide bonds. The molecule has 3 aromatic rings. The summed E-state index contributed by atoms with van der Waals surface area (Å²) in [5.74, 6) is -0.286. The van der Waals surface area contributed by atoms with E-state index in [0.29, 0.717) is 13.1 Å². The van der Waals surface area contributed by atoms with Crippen LogP contribution < -0.4 is 5.73 Å². The zero-order chi connectivity index (χ0) is 19.2. The zero-order valence-corrected chi connectivity index (χ0v) is 14.6. The summed E-state index contributed by atoms with van der Waals surface area (Å²) < 4.78 is 0. The predicted octanol–water partition coefficient (Wildman–Crippen LogP) is 4.02. The largest absolute Gasteiger partial charge is 0.393 e. The van der Waals surface area contributed by atoms with Crippen LogP contribution in [0.4, 0.5) is 11.4 Å². The van der Waals surface area contributed by atoms with Crippen LogP contribution in [-0.2, 0) is 13.1 Å². The number of hydrogen-bond acceptors (Lipinski definition) is 4. The minimum Gasteiger partial charge on any atom is -0.393 e. The number of carbonyl (C=O) groups excluding carboxylic acids is 1. The third-order valence-electron chi connectivity index (χ3n) is 4.19. The third-order valence-corrected chi connectivity index (χ3v) is 4.19. The van der Waals surface area contributed by atoms with Crippen LogP contribution in [0.1, 0.15) is 21.5 Å². The second-order valence-corrected chi connectivity index (χ2v) is 6.16. The van der Waals surface area contributed by atoms with E-state index in [4.69, 9.17) is 5.73 Å². The van der Waals surface area contributed by atoms with Crippen molar-refractivity contribution in [3.05, 3.63) is 106 Å². The molecule has 0 aliphatic rings. The van der Waals surface area contributed by atoms with Gasteiger partial charge in [-0.15, -0.1) is 0 Å². The molecular weight excluding hydrogens is 342 g/mol. The summed E-state index contributed by atoms with van der Waals surface area (Å²) in [5, 5.41) is 11.1. The standard InChI is InChI=1S/C21H19N3O3/c22-19-12-11-18(13-20(19)24(26)27)21(25)23(14-16-7-3-1-4-8-16)15-17-9-5-2-6-10-17/h1-13H,14-15,22H2. The molecule has 27 heavy (non-hydrogen) atoms. The number of benzene rings is 3. The first-order valence-corrected chi connectivity index (χ1v) is 8.45. The summed E-state index contributed by atoms with van der Waals surface area (Å²) in [4.78, 5) is 25.3. The second-order valence-electron chi connectivity index (χ2n) is 6.16. The van der Waals surface area contributed by atoms with E-state index in [0.717, 1.165) is 11.1 Å². The van der Waals surface area contributed by atoms with Crippen molar-refractivity contribution in [2.45, 2.75) is 13.1 Å². The van der Waals surface area contributed by atoms with Gasteiger partial charge >= 0.3 is 0 Å². The minimum absolute atomic E-state index is 0.0363. The number of nitrogens with zero attached hydrogens (tertiary/aromatic N) is 2. The van der Waals surface area contributed by atoms with Gasteiger partial charge in [-0.3, -0.25) is 14.9 Å². The first-order valence-electron chi connectivity index (χ1n) is 8.45. The normalized spacial score (nSPS) is 10.4. The molecule has 0 saturated carbocycles. The Morgan fingerprint density at radius 3 is 1.89 bits per heavy atom. The fraction of sp³-hybridized carbons (Fsp3) is 0.0952. The maximum absolute atomic E-state index is 13.1. The van der Waals surface area contributed by atoms with Crippen molar-refractivity contribution < 1.29 is 9.72 Å². The van der Waals surface area contributed by atoms with Crippen molar-refractivity contribution in [1.29, 1.82) is 0 Å². The highest BCUT2D eigenvalue weighted by atomic mass is 16.6. The van der Waals surface area contributed by atoms with Crippen molar-refractivity contribution in [2.75, 3.05) is 5.73 Å². The van der Waals surface area contributed by atoms with Gasteiger partial charge in [0.25, 0.3) is 11.6 Å². The molecule has 0 spiro atoms. The van der Waals surface area contributed by atoms with E-state index < -0.39 is 4.92 Å². The maximum atomic E-state index is 13.1. The Kier molecular flexibility index (Phi) is 5.47. The molecule has 136 valence electrons. The molecule has 0 aliphatic heterocycles. The number of nitro groups is 1. The third kappa shape index (κ3) is 4.49. The molecule has 0 aliphatic carbocycles. The maximum Gasteiger partial charge on any atom is 0.292 e. The lowest BCUT2D eigenvalue weighted by atomic mass is 10.1. The van der Waals surface area contributed by atoms with E-state index in [1.165, 1.54) is 18.2 Å². The smallest absolute Gasteiger partial charge is 0.292 e. The molecule has 6 heteroatoms. The summed E-state index contributed by atoms with van der Waals surface area (Å²) in [6.45, 7) is 0.791. The van der Waals surface area contributed by atoms with Crippen LogP contribution in [0.15, 0.2) is 78.9 Å². The Hall–Kier alpha value is -3.67. The van der Waals surface area contributed by atoms with Crippen molar-refractivity contribution in [3.63, 3.8) is 0 Å². The zero-order valence-electron chi connectivity index (χ0n) is 14.6. The number of rotatable bonds is 6. The first-order chi connectivity index (χ1) is 13.0. The fourth-order valence-corrected chi connectivity index (χ4v) is 2.82. The van der Waals surface area contributed by atoms with Gasteiger partial charge < -0.3 is 10.6 Å². The molecule has 0 bridgehead atoms. The van der Waals surface area contributed by atoms with E-state index in [1.807, 2.05) is 60.7 Å². The number of nitrogens with two attached hydrogens (primary N) is 1. The number of carbonyl (C=O) groups is 1. The number of hydrogen-bond donors (Lipinski definition) is 1. The Bertz CT molecular complexity index is 902. The minimum atomic E-state index is -0.579. The topological polar surface area (TPSA) is 89.5 Å². The van der Waals surface area contributed by atoms with Crippen molar-refractivity contribution in [2.24, 2.45) is 0 Å². The fourth-order valence-electron chi connectivity index (χ4n) is 2.82. The molecule has 0 fully saturated rings. The number of nitro benzene ring substituents is 1. The lowest BCUT2D eigenvalue weighted by Crippen LogP contribution is -2.30. The van der Waals surface area contributed by atoms with Gasteiger partial charge in [-0.05, 0) is 23.3 Å². The summed E-state index contributed by atoms with van der Waals surface area (Å²) in [5.41, 5.74) is 7.62. The van der Waals surface area contributed by atoms with E-state index in [1.54, 1.807) is 4.90 Å². The SMILES string of the molecule is Nc1ccc(C(=O)N(Cc2ccccc2)Cc2ccccc2)cc1[N+](=O)[O-]. The van der Waals surface area contributed by atoms with E-state index in [9.17, 15) is 14.9 Å². The average molecular weight is 361 g/mol. The molecule has 0 aromatic heterocycles. The molecule has 0 unspecified atom stereocenters. The average Bonchev–Trinajstić information content (AvgIpc) is 2.69. The lowest BCUT2D eigenvalue weighted by Gasteiger charge is -2.23. The molecule has 3 aromatic carbocycles. The van der Waals surface area contributed by atoms with Gasteiger partial charge in [-0.25, -0.2) is 0 Å². The van der Waals surface area contributed by atoms with Gasteiger partial charge in [0, 0.05) is 24.7 Å². The Balaban J connectivity index is 1.92. The van der Waals surface area contributed by atoms with Crippen molar-refractivity contribution >= 4 is 17.3 Å². The Morgan fingerprint density at radius 2 is 1.41 bits per heavy atom. The summed E-state index contributed by atoms with van der Waals surface area (Å²) in [6.07, 6.45) is 0. The van der Waals surface area contributed by atoms with Crippen LogP contribution in [0.25, 0.3) is 0 Å². The quantitative estimate of drug-likeness (QED) is 0.408. The Labute approximate surface area is 157 Å².